The molecule has 7 nitrogen and oxygen atoms in total. The van der Waals surface area contributed by atoms with E-state index < -0.39 is 17.6 Å². The number of aromatic nitrogens is 1. The molecule has 2 unspecified atom stereocenters. The number of pyridine rings is 1. The Morgan fingerprint density at radius 3 is 2.34 bits per heavy atom. The third kappa shape index (κ3) is 5.67. The lowest BCUT2D eigenvalue weighted by Crippen LogP contribution is -2.60. The highest BCUT2D eigenvalue weighted by Crippen LogP contribution is 2.39. The third-order valence-electron chi connectivity index (χ3n) is 7.92. The van der Waals surface area contributed by atoms with E-state index in [9.17, 15) is 18.4 Å². The third-order valence-corrected chi connectivity index (χ3v) is 7.92. The smallest absolute Gasteiger partial charge is 0.227 e. The van der Waals surface area contributed by atoms with Crippen LogP contribution in [0.25, 0.3) is 0 Å². The zero-order valence-corrected chi connectivity index (χ0v) is 23.2. The summed E-state index contributed by atoms with van der Waals surface area (Å²) in [6, 6.07) is 7.32. The molecule has 1 aromatic carbocycles. The van der Waals surface area contributed by atoms with Crippen LogP contribution in [-0.4, -0.2) is 77.4 Å². The molecule has 0 saturated carbocycles. The van der Waals surface area contributed by atoms with Crippen LogP contribution in [-0.2, 0) is 16.0 Å². The van der Waals surface area contributed by atoms with E-state index in [0.717, 1.165) is 17.4 Å². The van der Waals surface area contributed by atoms with Gasteiger partial charge in [-0.15, -0.1) is 0 Å². The summed E-state index contributed by atoms with van der Waals surface area (Å²) < 4.78 is 28.6. The summed E-state index contributed by atoms with van der Waals surface area (Å²) in [4.78, 5) is 37.0. The van der Waals surface area contributed by atoms with Gasteiger partial charge >= 0.3 is 0 Å². The number of hydrogen-bond donors (Lipinski definition) is 1. The lowest BCUT2D eigenvalue weighted by Gasteiger charge is -2.46. The standard InChI is InChI=1S/C29H39F2N5O2/c1-18-14-34(15-19(2)36(18)27-20(8-7-11-33-27)12-26(37)32-6)28(38)24-17-35(29(3,4)5)16-23(24)22-10-9-21(30)13-25(22)31/h7-11,13,18-19,23-24H,12,14-17H2,1-6H3,(H,32,37)/t18-,19+,23?,24?. The summed E-state index contributed by atoms with van der Waals surface area (Å²) in [6.07, 6.45) is 1.95. The van der Waals surface area contributed by atoms with Crippen LogP contribution in [0.3, 0.4) is 0 Å². The molecule has 0 aliphatic carbocycles. The number of likely N-dealkylation sites (N-methyl/N-ethyl adjacent to an activating group) is 1. The fraction of sp³-hybridized carbons (Fsp3) is 0.552. The van der Waals surface area contributed by atoms with E-state index in [0.29, 0.717) is 31.7 Å². The summed E-state index contributed by atoms with van der Waals surface area (Å²) in [5.74, 6) is -1.35. The van der Waals surface area contributed by atoms with Gasteiger partial charge in [-0.25, -0.2) is 13.8 Å². The molecule has 2 aromatic rings. The van der Waals surface area contributed by atoms with Crippen molar-refractivity contribution in [2.45, 2.75) is 64.6 Å². The highest BCUT2D eigenvalue weighted by atomic mass is 19.1. The number of carbonyl (C=O) groups is 2. The van der Waals surface area contributed by atoms with Crippen LogP contribution >= 0.6 is 0 Å². The average Bonchev–Trinajstić information content (AvgIpc) is 3.30. The first kappa shape index (κ1) is 28.0. The highest BCUT2D eigenvalue weighted by molar-refractivity contribution is 5.82. The topological polar surface area (TPSA) is 68.8 Å². The van der Waals surface area contributed by atoms with Gasteiger partial charge < -0.3 is 15.1 Å². The maximum atomic E-state index is 14.9. The Hall–Kier alpha value is -3.07. The van der Waals surface area contributed by atoms with Crippen LogP contribution in [0.15, 0.2) is 36.5 Å². The molecule has 4 atom stereocenters. The zero-order chi connectivity index (χ0) is 27.8. The fourth-order valence-electron chi connectivity index (χ4n) is 5.94. The number of amides is 2. The molecule has 2 aliphatic heterocycles. The maximum Gasteiger partial charge on any atom is 0.227 e. The SMILES string of the molecule is CNC(=O)Cc1cccnc1N1[C@H](C)CN(C(=O)C2CN(C(C)(C)C)CC2c2ccc(F)cc2F)C[C@@H]1C. The number of piperazine rings is 1. The van der Waals surface area contributed by atoms with Crippen molar-refractivity contribution in [3.05, 3.63) is 59.3 Å². The van der Waals surface area contributed by atoms with Gasteiger partial charge in [-0.3, -0.25) is 14.5 Å². The normalized spacial score (nSPS) is 24.5. The minimum absolute atomic E-state index is 0.00423. The van der Waals surface area contributed by atoms with Crippen LogP contribution in [0.2, 0.25) is 0 Å². The Morgan fingerprint density at radius 1 is 1.05 bits per heavy atom. The van der Waals surface area contributed by atoms with E-state index in [1.165, 1.54) is 12.1 Å². The number of nitrogens with zero attached hydrogens (tertiary/aromatic N) is 4. The molecular formula is C29H39F2N5O2. The molecular weight excluding hydrogens is 488 g/mol. The number of rotatable bonds is 5. The molecule has 0 spiro atoms. The van der Waals surface area contributed by atoms with Crippen LogP contribution < -0.4 is 10.2 Å². The van der Waals surface area contributed by atoms with Gasteiger partial charge in [-0.05, 0) is 52.3 Å². The van der Waals surface area contributed by atoms with Gasteiger partial charge in [0, 0.05) is 74.6 Å². The van der Waals surface area contributed by atoms with Crippen molar-refractivity contribution in [3.63, 3.8) is 0 Å². The average molecular weight is 528 g/mol. The Morgan fingerprint density at radius 2 is 1.74 bits per heavy atom. The highest BCUT2D eigenvalue weighted by Gasteiger charge is 2.46. The Kier molecular flexibility index (Phi) is 8.06. The number of carbonyl (C=O) groups excluding carboxylic acids is 2. The maximum absolute atomic E-state index is 14.9. The minimum Gasteiger partial charge on any atom is -0.359 e. The van der Waals surface area contributed by atoms with E-state index in [2.05, 4.69) is 54.7 Å². The van der Waals surface area contributed by atoms with Crippen LogP contribution in [0.1, 0.15) is 51.7 Å². The van der Waals surface area contributed by atoms with Crippen molar-refractivity contribution < 1.29 is 18.4 Å². The molecule has 1 aromatic heterocycles. The zero-order valence-electron chi connectivity index (χ0n) is 23.2. The van der Waals surface area contributed by atoms with Crippen molar-refractivity contribution in [2.24, 2.45) is 5.92 Å². The summed E-state index contributed by atoms with van der Waals surface area (Å²) in [5, 5.41) is 2.67. The molecule has 1 N–H and O–H groups in total. The first-order valence-electron chi connectivity index (χ1n) is 13.3. The lowest BCUT2D eigenvalue weighted by molar-refractivity contribution is -0.137. The van der Waals surface area contributed by atoms with Gasteiger partial charge in [0.2, 0.25) is 11.8 Å². The van der Waals surface area contributed by atoms with Gasteiger partial charge in [0.25, 0.3) is 0 Å². The van der Waals surface area contributed by atoms with E-state index in [1.54, 1.807) is 13.2 Å². The molecule has 9 heteroatoms. The number of hydrogen-bond acceptors (Lipinski definition) is 5. The molecule has 2 saturated heterocycles. The minimum atomic E-state index is -0.621. The number of halogens is 2. The van der Waals surface area contributed by atoms with Crippen molar-refractivity contribution in [1.82, 2.24) is 20.1 Å². The van der Waals surface area contributed by atoms with Crippen molar-refractivity contribution in [3.8, 4) is 0 Å². The van der Waals surface area contributed by atoms with Crippen molar-refractivity contribution >= 4 is 17.6 Å². The van der Waals surface area contributed by atoms with Gasteiger partial charge in [-0.1, -0.05) is 12.1 Å². The molecule has 4 rings (SSSR count). The van der Waals surface area contributed by atoms with Crippen LogP contribution in [0, 0.1) is 17.6 Å². The van der Waals surface area contributed by atoms with Crippen LogP contribution in [0.4, 0.5) is 14.6 Å². The monoisotopic (exact) mass is 527 g/mol. The van der Waals surface area contributed by atoms with Crippen LogP contribution in [0.5, 0.6) is 0 Å². The lowest BCUT2D eigenvalue weighted by atomic mass is 9.87. The molecule has 0 radical (unpaired) electrons. The Bertz CT molecular complexity index is 1170. The quantitative estimate of drug-likeness (QED) is 0.644. The van der Waals surface area contributed by atoms with E-state index >= 15 is 0 Å². The largest absolute Gasteiger partial charge is 0.359 e. The van der Waals surface area contributed by atoms with Gasteiger partial charge in [0.05, 0.1) is 12.3 Å². The number of benzene rings is 1. The molecule has 206 valence electrons. The molecule has 2 fully saturated rings. The van der Waals surface area contributed by atoms with E-state index in [1.807, 2.05) is 17.0 Å². The molecule has 2 aliphatic rings. The summed E-state index contributed by atoms with van der Waals surface area (Å²) in [6.45, 7) is 12.4. The van der Waals surface area contributed by atoms with Gasteiger partial charge in [0.15, 0.2) is 0 Å². The Balaban J connectivity index is 1.58. The summed E-state index contributed by atoms with van der Waals surface area (Å²) in [5.41, 5.74) is 1.04. The molecule has 3 heterocycles. The second-order valence-corrected chi connectivity index (χ2v) is 11.6. The first-order chi connectivity index (χ1) is 17.9. The predicted molar refractivity (Wildman–Crippen MR) is 144 cm³/mol. The predicted octanol–water partition coefficient (Wildman–Crippen LogP) is 3.59. The molecule has 2 amide bonds. The number of likely N-dealkylation sites (tertiary alicyclic amines) is 1. The second kappa shape index (κ2) is 11.0. The molecule has 38 heavy (non-hydrogen) atoms. The first-order valence-corrected chi connectivity index (χ1v) is 13.3. The van der Waals surface area contributed by atoms with Crippen molar-refractivity contribution in [2.75, 3.05) is 38.1 Å². The number of anilines is 1. The molecule has 0 bridgehead atoms. The summed E-state index contributed by atoms with van der Waals surface area (Å²) in [7, 11) is 1.61. The van der Waals surface area contributed by atoms with Gasteiger partial charge in [0.1, 0.15) is 17.5 Å². The van der Waals surface area contributed by atoms with E-state index in [4.69, 9.17) is 0 Å². The Labute approximate surface area is 224 Å². The summed E-state index contributed by atoms with van der Waals surface area (Å²) >= 11 is 0. The number of nitrogens with one attached hydrogen (secondary N) is 1. The van der Waals surface area contributed by atoms with E-state index in [-0.39, 0.29) is 41.8 Å². The van der Waals surface area contributed by atoms with Gasteiger partial charge in [-0.2, -0.15) is 0 Å². The van der Waals surface area contributed by atoms with Crippen molar-refractivity contribution in [1.29, 1.82) is 0 Å². The second-order valence-electron chi connectivity index (χ2n) is 11.6. The fourth-order valence-corrected chi connectivity index (χ4v) is 5.94.